The van der Waals surface area contributed by atoms with E-state index in [1.54, 1.807) is 49.4 Å². The average Bonchev–Trinajstić information content (AvgIpc) is 3.04. The second-order valence-electron chi connectivity index (χ2n) is 6.53. The van der Waals surface area contributed by atoms with Crippen LogP contribution in [0.2, 0.25) is 0 Å². The molecule has 0 unspecified atom stereocenters. The Morgan fingerprint density at radius 2 is 1.79 bits per heavy atom. The number of fused-ring (bicyclic) bond motifs is 3. The molecule has 4 rings (SSSR count). The zero-order chi connectivity index (χ0) is 20.6. The summed E-state index contributed by atoms with van der Waals surface area (Å²) in [5.74, 6) is -0.378. The van der Waals surface area contributed by atoms with E-state index in [-0.39, 0.29) is 17.6 Å². The molecule has 2 aromatic carbocycles. The molecule has 0 saturated heterocycles. The SMILES string of the molecule is CCC(=O)Nc1ccc(NC(=O)c2ccc3c(c2)SC2=NS(=O)(=O)CCN23)cc1. The summed E-state index contributed by atoms with van der Waals surface area (Å²) < 4.78 is 27.2. The first-order chi connectivity index (χ1) is 13.8. The molecule has 2 heterocycles. The number of hydrogen-bond acceptors (Lipinski definition) is 6. The number of amidine groups is 1. The van der Waals surface area contributed by atoms with E-state index in [2.05, 4.69) is 15.0 Å². The number of benzene rings is 2. The van der Waals surface area contributed by atoms with Gasteiger partial charge in [0.1, 0.15) is 0 Å². The van der Waals surface area contributed by atoms with Gasteiger partial charge in [-0.3, -0.25) is 9.59 Å². The molecule has 0 atom stereocenters. The van der Waals surface area contributed by atoms with Gasteiger partial charge in [-0.1, -0.05) is 6.92 Å². The number of nitrogens with one attached hydrogen (secondary N) is 2. The fraction of sp³-hybridized carbons (Fsp3) is 0.211. The first-order valence-corrected chi connectivity index (χ1v) is 11.4. The first kappa shape index (κ1) is 19.5. The van der Waals surface area contributed by atoms with Crippen LogP contribution in [0.5, 0.6) is 0 Å². The van der Waals surface area contributed by atoms with Crippen molar-refractivity contribution in [1.82, 2.24) is 0 Å². The zero-order valence-electron chi connectivity index (χ0n) is 15.5. The highest BCUT2D eigenvalue weighted by atomic mass is 32.2. The summed E-state index contributed by atoms with van der Waals surface area (Å²) in [6.45, 7) is 2.13. The Bertz CT molecular complexity index is 1130. The molecule has 0 saturated carbocycles. The first-order valence-electron chi connectivity index (χ1n) is 8.98. The van der Waals surface area contributed by atoms with Crippen LogP contribution in [-0.4, -0.2) is 37.7 Å². The van der Waals surface area contributed by atoms with E-state index in [4.69, 9.17) is 0 Å². The van der Waals surface area contributed by atoms with Crippen LogP contribution in [0.1, 0.15) is 23.7 Å². The van der Waals surface area contributed by atoms with E-state index in [1.807, 2.05) is 4.90 Å². The number of amides is 2. The molecule has 29 heavy (non-hydrogen) atoms. The summed E-state index contributed by atoms with van der Waals surface area (Å²) in [4.78, 5) is 26.7. The summed E-state index contributed by atoms with van der Waals surface area (Å²) in [5, 5.41) is 5.99. The lowest BCUT2D eigenvalue weighted by molar-refractivity contribution is -0.115. The summed E-state index contributed by atoms with van der Waals surface area (Å²) in [6, 6.07) is 12.1. The highest BCUT2D eigenvalue weighted by Gasteiger charge is 2.33. The molecule has 8 nitrogen and oxygen atoms in total. The van der Waals surface area contributed by atoms with Crippen LogP contribution in [0.15, 0.2) is 51.8 Å². The van der Waals surface area contributed by atoms with E-state index >= 15 is 0 Å². The second kappa shape index (κ2) is 7.53. The molecule has 10 heteroatoms. The molecule has 2 aliphatic rings. The van der Waals surface area contributed by atoms with Crippen molar-refractivity contribution >= 4 is 55.8 Å². The summed E-state index contributed by atoms with van der Waals surface area (Å²) in [5.41, 5.74) is 2.58. The molecule has 2 aromatic rings. The van der Waals surface area contributed by atoms with Gasteiger partial charge in [-0.05, 0) is 54.2 Å². The van der Waals surface area contributed by atoms with Crippen LogP contribution in [0.25, 0.3) is 0 Å². The van der Waals surface area contributed by atoms with E-state index < -0.39 is 10.0 Å². The second-order valence-corrected chi connectivity index (χ2v) is 9.29. The largest absolute Gasteiger partial charge is 0.326 e. The molecular weight excluding hydrogens is 412 g/mol. The molecular formula is C19H18N4O4S2. The molecule has 0 radical (unpaired) electrons. The van der Waals surface area contributed by atoms with Crippen molar-refractivity contribution in [3.63, 3.8) is 0 Å². The highest BCUT2D eigenvalue weighted by molar-refractivity contribution is 8.15. The maximum Gasteiger partial charge on any atom is 0.257 e. The van der Waals surface area contributed by atoms with Crippen LogP contribution in [-0.2, 0) is 14.8 Å². The van der Waals surface area contributed by atoms with Gasteiger partial charge < -0.3 is 15.5 Å². The Morgan fingerprint density at radius 1 is 1.10 bits per heavy atom. The van der Waals surface area contributed by atoms with Gasteiger partial charge in [-0.25, -0.2) is 8.42 Å². The van der Waals surface area contributed by atoms with Crippen LogP contribution < -0.4 is 15.5 Å². The summed E-state index contributed by atoms with van der Waals surface area (Å²) in [6.07, 6.45) is 0.393. The molecule has 2 amide bonds. The van der Waals surface area contributed by atoms with E-state index in [0.29, 0.717) is 35.1 Å². The Hall–Kier alpha value is -2.85. The molecule has 0 bridgehead atoms. The fourth-order valence-electron chi connectivity index (χ4n) is 2.96. The van der Waals surface area contributed by atoms with Crippen LogP contribution in [0.3, 0.4) is 0 Å². The molecule has 2 aliphatic heterocycles. The quantitative estimate of drug-likeness (QED) is 0.772. The van der Waals surface area contributed by atoms with Crippen LogP contribution >= 0.6 is 11.8 Å². The Balaban J connectivity index is 1.48. The third-order valence-electron chi connectivity index (χ3n) is 4.48. The molecule has 0 spiro atoms. The molecule has 2 N–H and O–H groups in total. The van der Waals surface area contributed by atoms with Gasteiger partial charge >= 0.3 is 0 Å². The Kier molecular flexibility index (Phi) is 5.05. The van der Waals surface area contributed by atoms with Crippen molar-refractivity contribution in [2.24, 2.45) is 4.40 Å². The molecule has 0 aromatic heterocycles. The van der Waals surface area contributed by atoms with Crippen molar-refractivity contribution in [1.29, 1.82) is 0 Å². The van der Waals surface area contributed by atoms with Gasteiger partial charge in [0.05, 0.1) is 11.4 Å². The van der Waals surface area contributed by atoms with E-state index in [0.717, 1.165) is 10.6 Å². The number of carbonyl (C=O) groups is 2. The minimum absolute atomic E-state index is 0.0204. The van der Waals surface area contributed by atoms with Gasteiger partial charge in [-0.15, -0.1) is 4.40 Å². The van der Waals surface area contributed by atoms with Crippen molar-refractivity contribution in [3.8, 4) is 0 Å². The minimum atomic E-state index is -3.41. The van der Waals surface area contributed by atoms with Gasteiger partial charge in [0.25, 0.3) is 15.9 Å². The number of nitrogens with zero attached hydrogens (tertiary/aromatic N) is 2. The maximum absolute atomic E-state index is 12.6. The number of sulfonamides is 1. The molecule has 0 aliphatic carbocycles. The standard InChI is InChI=1S/C19H18N4O4S2/c1-2-17(24)20-13-4-6-14(7-5-13)21-18(25)12-3-8-15-16(11-12)28-19-22-29(26,27)10-9-23(15)19/h3-8,11H,2,9-10H2,1H3,(H,20,24)(H,21,25). The normalized spacial score (nSPS) is 16.4. The van der Waals surface area contributed by atoms with Gasteiger partial charge in [0.2, 0.25) is 5.91 Å². The van der Waals surface area contributed by atoms with Gasteiger partial charge in [0, 0.05) is 34.8 Å². The van der Waals surface area contributed by atoms with Gasteiger partial charge in [-0.2, -0.15) is 0 Å². The number of carbonyl (C=O) groups excluding carboxylic acids is 2. The highest BCUT2D eigenvalue weighted by Crippen LogP contribution is 2.42. The third kappa shape index (κ3) is 4.13. The van der Waals surface area contributed by atoms with Crippen LogP contribution in [0.4, 0.5) is 17.1 Å². The number of anilines is 3. The lowest BCUT2D eigenvalue weighted by Gasteiger charge is -2.22. The van der Waals surface area contributed by atoms with Crippen molar-refractivity contribution < 1.29 is 18.0 Å². The van der Waals surface area contributed by atoms with Crippen molar-refractivity contribution in [2.45, 2.75) is 18.2 Å². The summed E-state index contributed by atoms with van der Waals surface area (Å²) in [7, 11) is -3.41. The molecule has 150 valence electrons. The number of hydrogen-bond donors (Lipinski definition) is 2. The van der Waals surface area contributed by atoms with E-state index in [9.17, 15) is 18.0 Å². The number of thioether (sulfide) groups is 1. The van der Waals surface area contributed by atoms with Gasteiger partial charge in [0.15, 0.2) is 5.17 Å². The third-order valence-corrected chi connectivity index (χ3v) is 6.79. The monoisotopic (exact) mass is 430 g/mol. The minimum Gasteiger partial charge on any atom is -0.326 e. The maximum atomic E-state index is 12.6. The lowest BCUT2D eigenvalue weighted by atomic mass is 10.1. The molecule has 0 fully saturated rings. The fourth-order valence-corrected chi connectivity index (χ4v) is 5.26. The predicted molar refractivity (Wildman–Crippen MR) is 114 cm³/mol. The zero-order valence-corrected chi connectivity index (χ0v) is 17.1. The van der Waals surface area contributed by atoms with Crippen LogP contribution in [0, 0.1) is 0 Å². The van der Waals surface area contributed by atoms with E-state index in [1.165, 1.54) is 11.8 Å². The smallest absolute Gasteiger partial charge is 0.257 e. The average molecular weight is 431 g/mol. The lowest BCUT2D eigenvalue weighted by Crippen LogP contribution is -2.35. The number of rotatable bonds is 4. The van der Waals surface area contributed by atoms with Crippen molar-refractivity contribution in [3.05, 3.63) is 48.0 Å². The Morgan fingerprint density at radius 3 is 2.48 bits per heavy atom. The Labute approximate surface area is 172 Å². The summed E-state index contributed by atoms with van der Waals surface area (Å²) >= 11 is 1.25. The topological polar surface area (TPSA) is 108 Å². The predicted octanol–water partition coefficient (Wildman–Crippen LogP) is 2.90. The van der Waals surface area contributed by atoms with Crippen molar-refractivity contribution in [2.75, 3.05) is 27.8 Å².